The van der Waals surface area contributed by atoms with E-state index < -0.39 is 0 Å². The summed E-state index contributed by atoms with van der Waals surface area (Å²) in [5.74, 6) is 0.506. The Morgan fingerprint density at radius 3 is 2.41 bits per heavy atom. The van der Waals surface area contributed by atoms with Crippen LogP contribution in [0.15, 0.2) is 30.3 Å². The average molecular weight is 249 g/mol. The molecule has 0 saturated carbocycles. The number of halogens is 1. The fraction of sp³-hybridized carbons (Fsp3) is 0.357. The van der Waals surface area contributed by atoms with E-state index >= 15 is 0 Å². The Morgan fingerprint density at radius 1 is 1.24 bits per heavy atom. The van der Waals surface area contributed by atoms with Gasteiger partial charge in [0.15, 0.2) is 0 Å². The van der Waals surface area contributed by atoms with Gasteiger partial charge in [0.05, 0.1) is 5.69 Å². The molecule has 2 aromatic rings. The van der Waals surface area contributed by atoms with Crippen LogP contribution in [0.3, 0.4) is 0 Å². The van der Waals surface area contributed by atoms with E-state index in [1.807, 2.05) is 36.0 Å². The third kappa shape index (κ3) is 2.89. The molecule has 2 nitrogen and oxygen atoms in total. The summed E-state index contributed by atoms with van der Waals surface area (Å²) in [7, 11) is 2.00. The molecule has 0 saturated heterocycles. The quantitative estimate of drug-likeness (QED) is 0.808. The van der Waals surface area contributed by atoms with Crippen LogP contribution in [0.1, 0.15) is 36.7 Å². The molecule has 0 radical (unpaired) electrons. The molecule has 1 aromatic heterocycles. The maximum atomic E-state index is 5.87. The summed E-state index contributed by atoms with van der Waals surface area (Å²) < 4.78 is 1.97. The molecule has 0 aliphatic carbocycles. The van der Waals surface area contributed by atoms with Crippen LogP contribution < -0.4 is 0 Å². The second-order valence-corrected chi connectivity index (χ2v) is 5.08. The molecule has 2 rings (SSSR count). The summed E-state index contributed by atoms with van der Waals surface area (Å²) in [6.45, 7) is 4.37. The first kappa shape index (κ1) is 12.2. The number of aromatic nitrogens is 2. The molecule has 1 aromatic carbocycles. The highest BCUT2D eigenvalue weighted by Gasteiger charge is 2.08. The van der Waals surface area contributed by atoms with E-state index in [1.165, 1.54) is 11.3 Å². The molecule has 3 heteroatoms. The average Bonchev–Trinajstić information content (AvgIpc) is 2.63. The zero-order chi connectivity index (χ0) is 12.4. The first-order valence-electron chi connectivity index (χ1n) is 5.83. The molecule has 0 aliphatic rings. The summed E-state index contributed by atoms with van der Waals surface area (Å²) in [5.41, 5.74) is 3.62. The van der Waals surface area contributed by atoms with Crippen LogP contribution in [0.4, 0.5) is 0 Å². The van der Waals surface area contributed by atoms with E-state index in [9.17, 15) is 0 Å². The lowest BCUT2D eigenvalue weighted by atomic mass is 10.1. The fourth-order valence-electron chi connectivity index (χ4n) is 1.98. The van der Waals surface area contributed by atoms with E-state index in [-0.39, 0.29) is 0 Å². The van der Waals surface area contributed by atoms with Gasteiger partial charge in [-0.25, -0.2) is 0 Å². The molecule has 0 bridgehead atoms. The Balaban J connectivity index is 2.19. The third-order valence-corrected chi connectivity index (χ3v) is 3.11. The van der Waals surface area contributed by atoms with Crippen molar-refractivity contribution in [3.8, 4) is 0 Å². The van der Waals surface area contributed by atoms with Crippen molar-refractivity contribution in [1.29, 1.82) is 0 Å². The van der Waals surface area contributed by atoms with Crippen molar-refractivity contribution in [2.75, 3.05) is 0 Å². The first-order valence-corrected chi connectivity index (χ1v) is 6.21. The van der Waals surface area contributed by atoms with Gasteiger partial charge in [-0.05, 0) is 29.7 Å². The minimum atomic E-state index is 0.506. The van der Waals surface area contributed by atoms with Crippen LogP contribution in [0, 0.1) is 0 Å². The second kappa shape index (κ2) is 4.92. The van der Waals surface area contributed by atoms with Crippen LogP contribution in [0.5, 0.6) is 0 Å². The van der Waals surface area contributed by atoms with Gasteiger partial charge in [-0.15, -0.1) is 0 Å². The summed E-state index contributed by atoms with van der Waals surface area (Å²) in [5, 5.41) is 5.31. The predicted molar refractivity (Wildman–Crippen MR) is 71.6 cm³/mol. The summed E-state index contributed by atoms with van der Waals surface area (Å²) in [4.78, 5) is 0. The van der Waals surface area contributed by atoms with Gasteiger partial charge >= 0.3 is 0 Å². The Kier molecular flexibility index (Phi) is 3.53. The smallest absolute Gasteiger partial charge is 0.0671 e. The number of benzene rings is 1. The van der Waals surface area contributed by atoms with Crippen molar-refractivity contribution < 1.29 is 0 Å². The van der Waals surface area contributed by atoms with Gasteiger partial charge < -0.3 is 0 Å². The van der Waals surface area contributed by atoms with E-state index in [4.69, 9.17) is 11.6 Å². The van der Waals surface area contributed by atoms with Crippen LogP contribution in [0.25, 0.3) is 0 Å². The number of hydrogen-bond acceptors (Lipinski definition) is 1. The highest BCUT2D eigenvalue weighted by molar-refractivity contribution is 6.30. The standard InChI is InChI=1S/C14H17ClN2/c1-10(2)14-9-13(16-17(14)3)8-11-4-6-12(15)7-5-11/h4-7,9-10H,8H2,1-3H3. The Labute approximate surface area is 107 Å². The Hall–Kier alpha value is -1.28. The lowest BCUT2D eigenvalue weighted by Crippen LogP contribution is -1.99. The largest absolute Gasteiger partial charge is 0.272 e. The molecule has 0 spiro atoms. The van der Waals surface area contributed by atoms with Crippen LogP contribution >= 0.6 is 11.6 Å². The van der Waals surface area contributed by atoms with Gasteiger partial charge in [-0.2, -0.15) is 5.10 Å². The van der Waals surface area contributed by atoms with Crippen molar-refractivity contribution in [2.45, 2.75) is 26.2 Å². The molecule has 0 amide bonds. The van der Waals surface area contributed by atoms with Gasteiger partial charge in [0.1, 0.15) is 0 Å². The van der Waals surface area contributed by atoms with Gasteiger partial charge in [-0.1, -0.05) is 37.6 Å². The molecule has 0 N–H and O–H groups in total. The van der Waals surface area contributed by atoms with E-state index in [1.54, 1.807) is 0 Å². The zero-order valence-electron chi connectivity index (χ0n) is 10.4. The third-order valence-electron chi connectivity index (χ3n) is 2.86. The molecule has 0 aliphatic heterocycles. The minimum Gasteiger partial charge on any atom is -0.272 e. The number of aryl methyl sites for hydroxylation is 1. The van der Waals surface area contributed by atoms with Gasteiger partial charge in [0.25, 0.3) is 0 Å². The number of hydrogen-bond donors (Lipinski definition) is 0. The van der Waals surface area contributed by atoms with Crippen molar-refractivity contribution in [3.05, 3.63) is 52.3 Å². The Bertz CT molecular complexity index is 497. The van der Waals surface area contributed by atoms with Gasteiger partial charge in [0, 0.05) is 24.2 Å². The second-order valence-electron chi connectivity index (χ2n) is 4.64. The topological polar surface area (TPSA) is 17.8 Å². The SMILES string of the molecule is CC(C)c1cc(Cc2ccc(Cl)cc2)nn1C. The highest BCUT2D eigenvalue weighted by Crippen LogP contribution is 2.17. The monoisotopic (exact) mass is 248 g/mol. The lowest BCUT2D eigenvalue weighted by molar-refractivity contribution is 0.663. The first-order chi connectivity index (χ1) is 8.06. The molecule has 1 heterocycles. The van der Waals surface area contributed by atoms with Crippen molar-refractivity contribution in [1.82, 2.24) is 9.78 Å². The molecule has 0 atom stereocenters. The molecular weight excluding hydrogens is 232 g/mol. The summed E-state index contributed by atoms with van der Waals surface area (Å²) in [6, 6.07) is 10.1. The van der Waals surface area contributed by atoms with E-state index in [0.29, 0.717) is 5.92 Å². The number of rotatable bonds is 3. The Morgan fingerprint density at radius 2 is 1.88 bits per heavy atom. The summed E-state index contributed by atoms with van der Waals surface area (Å²) in [6.07, 6.45) is 0.859. The molecule has 90 valence electrons. The van der Waals surface area contributed by atoms with E-state index in [2.05, 4.69) is 25.0 Å². The molecule has 0 fully saturated rings. The lowest BCUT2D eigenvalue weighted by Gasteiger charge is -2.02. The minimum absolute atomic E-state index is 0.506. The van der Waals surface area contributed by atoms with Gasteiger partial charge in [0.2, 0.25) is 0 Å². The van der Waals surface area contributed by atoms with Crippen molar-refractivity contribution in [3.63, 3.8) is 0 Å². The van der Waals surface area contributed by atoms with Crippen molar-refractivity contribution >= 4 is 11.6 Å². The maximum absolute atomic E-state index is 5.87. The normalized spacial score (nSPS) is 11.1. The van der Waals surface area contributed by atoms with E-state index in [0.717, 1.165) is 17.1 Å². The van der Waals surface area contributed by atoms with Gasteiger partial charge in [-0.3, -0.25) is 4.68 Å². The molecular formula is C14H17ClN2. The summed E-state index contributed by atoms with van der Waals surface area (Å²) >= 11 is 5.87. The van der Waals surface area contributed by atoms with Crippen molar-refractivity contribution in [2.24, 2.45) is 7.05 Å². The number of nitrogens with zero attached hydrogens (tertiary/aromatic N) is 2. The zero-order valence-corrected chi connectivity index (χ0v) is 11.2. The highest BCUT2D eigenvalue weighted by atomic mass is 35.5. The molecule has 0 unspecified atom stereocenters. The molecule has 17 heavy (non-hydrogen) atoms. The van der Waals surface area contributed by atoms with Crippen LogP contribution in [-0.2, 0) is 13.5 Å². The fourth-order valence-corrected chi connectivity index (χ4v) is 2.11. The predicted octanol–water partition coefficient (Wildman–Crippen LogP) is 3.79. The van der Waals surface area contributed by atoms with Crippen LogP contribution in [0.2, 0.25) is 5.02 Å². The maximum Gasteiger partial charge on any atom is 0.0671 e. The van der Waals surface area contributed by atoms with Crippen LogP contribution in [-0.4, -0.2) is 9.78 Å².